The van der Waals surface area contributed by atoms with Gasteiger partial charge in [-0.25, -0.2) is 0 Å². The summed E-state index contributed by atoms with van der Waals surface area (Å²) in [6.07, 6.45) is 0.973. The molecule has 0 unspecified atom stereocenters. The van der Waals surface area contributed by atoms with Crippen molar-refractivity contribution in [2.24, 2.45) is 0 Å². The van der Waals surface area contributed by atoms with E-state index in [2.05, 4.69) is 97.1 Å². The van der Waals surface area contributed by atoms with E-state index >= 15 is 0 Å². The van der Waals surface area contributed by atoms with E-state index in [0.717, 1.165) is 6.42 Å². The van der Waals surface area contributed by atoms with Gasteiger partial charge < -0.3 is 0 Å². The van der Waals surface area contributed by atoms with Gasteiger partial charge in [-0.2, -0.15) is 0 Å². The molecule has 0 saturated heterocycles. The Morgan fingerprint density at radius 3 is 1.88 bits per heavy atom. The van der Waals surface area contributed by atoms with Crippen molar-refractivity contribution < 1.29 is 0 Å². The zero-order chi connectivity index (χ0) is 16.6. The summed E-state index contributed by atoms with van der Waals surface area (Å²) in [5.41, 5.74) is 2.71. The number of hydrogen-bond acceptors (Lipinski definition) is 0. The van der Waals surface area contributed by atoms with Crippen LogP contribution in [0.25, 0.3) is 32.3 Å². The number of hydrogen-bond donors (Lipinski definition) is 0. The molecule has 25 heavy (non-hydrogen) atoms. The van der Waals surface area contributed by atoms with E-state index in [1.807, 2.05) is 0 Å². The zero-order valence-corrected chi connectivity index (χ0v) is 13.9. The molecular formula is C25H18. The van der Waals surface area contributed by atoms with Crippen LogP contribution in [0.2, 0.25) is 0 Å². The number of rotatable bonds is 2. The molecule has 0 spiro atoms. The van der Waals surface area contributed by atoms with Crippen LogP contribution in [0, 0.1) is 0 Å². The molecule has 0 N–H and O–H groups in total. The van der Waals surface area contributed by atoms with E-state index in [1.54, 1.807) is 0 Å². The van der Waals surface area contributed by atoms with Crippen molar-refractivity contribution in [2.75, 3.05) is 0 Å². The molecular weight excluding hydrogens is 300 g/mol. The Labute approximate surface area is 147 Å². The molecule has 0 aliphatic carbocycles. The van der Waals surface area contributed by atoms with Crippen molar-refractivity contribution in [2.45, 2.75) is 6.42 Å². The maximum absolute atomic E-state index is 2.36. The van der Waals surface area contributed by atoms with E-state index in [1.165, 1.54) is 43.4 Å². The van der Waals surface area contributed by atoms with Gasteiger partial charge in [-0.05, 0) is 49.9 Å². The molecule has 0 saturated carbocycles. The first-order valence-electron chi connectivity index (χ1n) is 8.75. The summed E-state index contributed by atoms with van der Waals surface area (Å²) in [6, 6.07) is 35.2. The molecule has 0 heteroatoms. The van der Waals surface area contributed by atoms with Gasteiger partial charge in [-0.3, -0.25) is 0 Å². The first kappa shape index (κ1) is 14.2. The fraction of sp³-hybridized carbons (Fsp3) is 0.0400. The van der Waals surface area contributed by atoms with Crippen LogP contribution in [-0.4, -0.2) is 0 Å². The van der Waals surface area contributed by atoms with Gasteiger partial charge >= 0.3 is 0 Å². The summed E-state index contributed by atoms with van der Waals surface area (Å²) < 4.78 is 0. The van der Waals surface area contributed by atoms with Crippen molar-refractivity contribution in [1.82, 2.24) is 0 Å². The summed E-state index contributed by atoms with van der Waals surface area (Å²) in [4.78, 5) is 0. The molecule has 0 aliphatic heterocycles. The molecule has 0 atom stereocenters. The Morgan fingerprint density at radius 1 is 0.400 bits per heavy atom. The summed E-state index contributed by atoms with van der Waals surface area (Å²) in [5, 5.41) is 7.95. The lowest BCUT2D eigenvalue weighted by molar-refractivity contribution is 1.20. The minimum absolute atomic E-state index is 0.973. The van der Waals surface area contributed by atoms with Crippen LogP contribution >= 0.6 is 0 Å². The largest absolute Gasteiger partial charge is 0.0622 e. The molecule has 0 amide bonds. The normalized spacial score (nSPS) is 11.4. The minimum Gasteiger partial charge on any atom is -0.0622 e. The summed E-state index contributed by atoms with van der Waals surface area (Å²) >= 11 is 0. The Kier molecular flexibility index (Phi) is 3.28. The lowest BCUT2D eigenvalue weighted by Crippen LogP contribution is -1.88. The van der Waals surface area contributed by atoms with Gasteiger partial charge in [0.05, 0.1) is 0 Å². The molecule has 0 bridgehead atoms. The van der Waals surface area contributed by atoms with Crippen LogP contribution < -0.4 is 0 Å². The van der Waals surface area contributed by atoms with Crippen LogP contribution in [0.5, 0.6) is 0 Å². The average molecular weight is 318 g/mol. The first-order valence-corrected chi connectivity index (χ1v) is 8.75. The molecule has 0 aromatic heterocycles. The molecule has 5 aromatic rings. The molecule has 0 fully saturated rings. The average Bonchev–Trinajstić information content (AvgIpc) is 2.68. The van der Waals surface area contributed by atoms with Crippen molar-refractivity contribution in [1.29, 1.82) is 0 Å². The number of fused-ring (bicyclic) bond motifs is 5. The minimum atomic E-state index is 0.973. The van der Waals surface area contributed by atoms with Crippen LogP contribution in [0.1, 0.15) is 11.1 Å². The van der Waals surface area contributed by atoms with Crippen molar-refractivity contribution >= 4 is 32.3 Å². The number of benzene rings is 5. The van der Waals surface area contributed by atoms with Crippen molar-refractivity contribution in [3.8, 4) is 0 Å². The van der Waals surface area contributed by atoms with E-state index in [0.29, 0.717) is 0 Å². The molecule has 0 nitrogen and oxygen atoms in total. The summed E-state index contributed by atoms with van der Waals surface area (Å²) in [6.45, 7) is 0. The standard InChI is InChI=1S/C25H18/c1-2-6-18(7-3-1)16-19-10-11-21-13-14-23-22-9-5-4-8-20(22)12-15-24(23)25(21)17-19/h1-15,17H,16H2. The maximum Gasteiger partial charge on any atom is -0.00255 e. The molecule has 0 aliphatic rings. The highest BCUT2D eigenvalue weighted by Gasteiger charge is 2.05. The van der Waals surface area contributed by atoms with E-state index < -0.39 is 0 Å². The van der Waals surface area contributed by atoms with Crippen LogP contribution in [0.3, 0.4) is 0 Å². The molecule has 5 aromatic carbocycles. The predicted octanol–water partition coefficient (Wildman–Crippen LogP) is 6.74. The highest BCUT2D eigenvalue weighted by Crippen LogP contribution is 2.32. The molecule has 0 heterocycles. The van der Waals surface area contributed by atoms with E-state index in [-0.39, 0.29) is 0 Å². The first-order chi connectivity index (χ1) is 12.4. The quantitative estimate of drug-likeness (QED) is 0.316. The van der Waals surface area contributed by atoms with Crippen LogP contribution in [0.4, 0.5) is 0 Å². The van der Waals surface area contributed by atoms with Crippen LogP contribution in [-0.2, 0) is 6.42 Å². The van der Waals surface area contributed by atoms with Crippen molar-refractivity contribution in [3.63, 3.8) is 0 Å². The molecule has 5 rings (SSSR count). The van der Waals surface area contributed by atoms with Gasteiger partial charge in [0.25, 0.3) is 0 Å². The van der Waals surface area contributed by atoms with Crippen LogP contribution in [0.15, 0.2) is 97.1 Å². The van der Waals surface area contributed by atoms with Gasteiger partial charge in [0.2, 0.25) is 0 Å². The Hall–Kier alpha value is -3.12. The Bertz CT molecular complexity index is 1200. The second-order valence-electron chi connectivity index (χ2n) is 6.67. The van der Waals surface area contributed by atoms with Gasteiger partial charge in [-0.15, -0.1) is 0 Å². The SMILES string of the molecule is c1ccc(Cc2ccc3ccc4c5ccccc5ccc4c3c2)cc1. The van der Waals surface area contributed by atoms with E-state index in [4.69, 9.17) is 0 Å². The third-order valence-electron chi connectivity index (χ3n) is 5.06. The molecule has 0 radical (unpaired) electrons. The fourth-order valence-electron chi connectivity index (χ4n) is 3.81. The Morgan fingerprint density at radius 2 is 1.04 bits per heavy atom. The van der Waals surface area contributed by atoms with Gasteiger partial charge in [0.1, 0.15) is 0 Å². The third-order valence-corrected chi connectivity index (χ3v) is 5.06. The zero-order valence-electron chi connectivity index (χ0n) is 13.9. The van der Waals surface area contributed by atoms with E-state index in [9.17, 15) is 0 Å². The Balaban J connectivity index is 1.73. The second kappa shape index (κ2) is 5.75. The monoisotopic (exact) mass is 318 g/mol. The molecule has 118 valence electrons. The summed E-state index contributed by atoms with van der Waals surface area (Å²) in [5.74, 6) is 0. The van der Waals surface area contributed by atoms with Gasteiger partial charge in [0.15, 0.2) is 0 Å². The van der Waals surface area contributed by atoms with Gasteiger partial charge in [0, 0.05) is 0 Å². The summed E-state index contributed by atoms with van der Waals surface area (Å²) in [7, 11) is 0. The highest BCUT2D eigenvalue weighted by molar-refractivity contribution is 6.17. The predicted molar refractivity (Wildman–Crippen MR) is 108 cm³/mol. The maximum atomic E-state index is 2.36. The lowest BCUT2D eigenvalue weighted by atomic mass is 9.95. The topological polar surface area (TPSA) is 0 Å². The highest BCUT2D eigenvalue weighted by atomic mass is 14.1. The fourth-order valence-corrected chi connectivity index (χ4v) is 3.81. The van der Waals surface area contributed by atoms with Gasteiger partial charge in [-0.1, -0.05) is 97.1 Å². The van der Waals surface area contributed by atoms with Crippen molar-refractivity contribution in [3.05, 3.63) is 108 Å². The second-order valence-corrected chi connectivity index (χ2v) is 6.67. The lowest BCUT2D eigenvalue weighted by Gasteiger charge is -2.09. The smallest absolute Gasteiger partial charge is 0.00255 e. The third kappa shape index (κ3) is 2.47.